The normalized spacial score (nSPS) is 21.1. The molecule has 0 saturated heterocycles. The van der Waals surface area contributed by atoms with Crippen molar-refractivity contribution in [2.24, 2.45) is 0 Å². The third-order valence-corrected chi connectivity index (χ3v) is 3.12. The molecule has 0 saturated carbocycles. The molecule has 1 aromatic rings. The standard InChI is InChI=1S/C14H15NO3/c1-9(2)8-14(13(17)18-3)10-6-4-5-7-11(10)15-12(14)16/h4-7H,1,8H2,2-3H3,(H,15,16)/t14-/m1/s1. The molecule has 4 nitrogen and oxygen atoms in total. The van der Waals surface area contributed by atoms with Gasteiger partial charge < -0.3 is 10.1 Å². The topological polar surface area (TPSA) is 55.4 Å². The number of rotatable bonds is 3. The van der Waals surface area contributed by atoms with E-state index in [2.05, 4.69) is 11.9 Å². The van der Waals surface area contributed by atoms with Gasteiger partial charge in [0.05, 0.1) is 7.11 Å². The molecule has 1 aliphatic heterocycles. The van der Waals surface area contributed by atoms with Gasteiger partial charge in [-0.25, -0.2) is 0 Å². The van der Waals surface area contributed by atoms with Crippen LogP contribution in [0.2, 0.25) is 0 Å². The van der Waals surface area contributed by atoms with E-state index in [0.29, 0.717) is 11.3 Å². The zero-order valence-corrected chi connectivity index (χ0v) is 10.4. The molecule has 94 valence electrons. The highest BCUT2D eigenvalue weighted by atomic mass is 16.5. The molecule has 1 heterocycles. The number of anilines is 1. The second-order valence-electron chi connectivity index (χ2n) is 4.53. The summed E-state index contributed by atoms with van der Waals surface area (Å²) in [4.78, 5) is 24.4. The number of hydrogen-bond donors (Lipinski definition) is 1. The Kier molecular flexibility index (Phi) is 2.95. The zero-order valence-electron chi connectivity index (χ0n) is 10.4. The molecule has 1 aromatic carbocycles. The van der Waals surface area contributed by atoms with Crippen LogP contribution in [-0.2, 0) is 19.7 Å². The van der Waals surface area contributed by atoms with Crippen LogP contribution in [-0.4, -0.2) is 19.0 Å². The monoisotopic (exact) mass is 245 g/mol. The molecule has 1 atom stereocenters. The van der Waals surface area contributed by atoms with Crippen LogP contribution >= 0.6 is 0 Å². The first kappa shape index (κ1) is 12.4. The van der Waals surface area contributed by atoms with Crippen LogP contribution in [0.5, 0.6) is 0 Å². The van der Waals surface area contributed by atoms with Crippen LogP contribution in [0.15, 0.2) is 36.4 Å². The van der Waals surface area contributed by atoms with Crippen molar-refractivity contribution < 1.29 is 14.3 Å². The van der Waals surface area contributed by atoms with Crippen molar-refractivity contribution in [2.75, 3.05) is 12.4 Å². The third kappa shape index (κ3) is 1.61. The summed E-state index contributed by atoms with van der Waals surface area (Å²) in [5, 5.41) is 2.73. The summed E-state index contributed by atoms with van der Waals surface area (Å²) >= 11 is 0. The molecule has 1 aliphatic rings. The SMILES string of the molecule is C=C(C)C[C@]1(C(=O)OC)C(=O)Nc2ccccc21. The van der Waals surface area contributed by atoms with E-state index in [9.17, 15) is 9.59 Å². The lowest BCUT2D eigenvalue weighted by atomic mass is 9.77. The smallest absolute Gasteiger partial charge is 0.326 e. The van der Waals surface area contributed by atoms with Gasteiger partial charge in [-0.3, -0.25) is 9.59 Å². The van der Waals surface area contributed by atoms with Crippen molar-refractivity contribution in [1.82, 2.24) is 0 Å². The van der Waals surface area contributed by atoms with E-state index in [4.69, 9.17) is 4.74 Å². The summed E-state index contributed by atoms with van der Waals surface area (Å²) in [5.74, 6) is -0.897. The van der Waals surface area contributed by atoms with Gasteiger partial charge in [-0.1, -0.05) is 23.8 Å². The first-order valence-electron chi connectivity index (χ1n) is 5.66. The Hall–Kier alpha value is -2.10. The fourth-order valence-corrected chi connectivity index (χ4v) is 2.39. The molecule has 1 amide bonds. The van der Waals surface area contributed by atoms with Gasteiger partial charge in [0.1, 0.15) is 0 Å². The lowest BCUT2D eigenvalue weighted by Crippen LogP contribution is -2.43. The van der Waals surface area contributed by atoms with Crippen molar-refractivity contribution in [2.45, 2.75) is 18.8 Å². The highest BCUT2D eigenvalue weighted by Gasteiger charge is 2.53. The first-order valence-corrected chi connectivity index (χ1v) is 5.66. The van der Waals surface area contributed by atoms with E-state index in [0.717, 1.165) is 5.57 Å². The molecule has 0 bridgehead atoms. The van der Waals surface area contributed by atoms with E-state index in [1.807, 2.05) is 6.07 Å². The van der Waals surface area contributed by atoms with Gasteiger partial charge in [-0.15, -0.1) is 6.58 Å². The highest BCUT2D eigenvalue weighted by molar-refractivity contribution is 6.19. The zero-order chi connectivity index (χ0) is 13.3. The summed E-state index contributed by atoms with van der Waals surface area (Å²) in [5.41, 5.74) is 0.781. The van der Waals surface area contributed by atoms with E-state index < -0.39 is 11.4 Å². The number of methoxy groups -OCH3 is 1. The number of allylic oxidation sites excluding steroid dienone is 1. The van der Waals surface area contributed by atoms with Gasteiger partial charge in [-0.05, 0) is 19.4 Å². The molecule has 1 N–H and O–H groups in total. The van der Waals surface area contributed by atoms with Gasteiger partial charge in [-0.2, -0.15) is 0 Å². The summed E-state index contributed by atoms with van der Waals surface area (Å²) < 4.78 is 4.82. The second kappa shape index (κ2) is 4.29. The van der Waals surface area contributed by atoms with Crippen molar-refractivity contribution in [3.05, 3.63) is 42.0 Å². The Morgan fingerprint density at radius 2 is 2.11 bits per heavy atom. The third-order valence-electron chi connectivity index (χ3n) is 3.12. The molecule has 18 heavy (non-hydrogen) atoms. The van der Waals surface area contributed by atoms with Crippen molar-refractivity contribution in [3.63, 3.8) is 0 Å². The second-order valence-corrected chi connectivity index (χ2v) is 4.53. The predicted octanol–water partition coefficient (Wildman–Crippen LogP) is 2.02. The quantitative estimate of drug-likeness (QED) is 0.503. The molecule has 2 rings (SSSR count). The van der Waals surface area contributed by atoms with Gasteiger partial charge in [0, 0.05) is 11.3 Å². The van der Waals surface area contributed by atoms with Gasteiger partial charge in [0.2, 0.25) is 5.91 Å². The lowest BCUT2D eigenvalue weighted by Gasteiger charge is -2.24. The van der Waals surface area contributed by atoms with Gasteiger partial charge in [0.25, 0.3) is 0 Å². The number of para-hydroxylation sites is 1. The number of carbonyl (C=O) groups excluding carboxylic acids is 2. The molecule has 0 aliphatic carbocycles. The number of fused-ring (bicyclic) bond motifs is 1. The van der Waals surface area contributed by atoms with E-state index in [1.165, 1.54) is 7.11 Å². The first-order chi connectivity index (χ1) is 8.52. The maximum atomic E-state index is 12.2. The predicted molar refractivity (Wildman–Crippen MR) is 68.2 cm³/mol. The number of nitrogens with one attached hydrogen (secondary N) is 1. The van der Waals surface area contributed by atoms with Gasteiger partial charge in [0.15, 0.2) is 5.41 Å². The lowest BCUT2D eigenvalue weighted by molar-refractivity contribution is -0.150. The molecular weight excluding hydrogens is 230 g/mol. The summed E-state index contributed by atoms with van der Waals surface area (Å²) in [6.45, 7) is 5.59. The van der Waals surface area contributed by atoms with Crippen LogP contribution < -0.4 is 5.32 Å². The Morgan fingerprint density at radius 3 is 2.72 bits per heavy atom. The Bertz CT molecular complexity index is 526. The molecule has 4 heteroatoms. The van der Waals surface area contributed by atoms with Crippen LogP contribution in [0.3, 0.4) is 0 Å². The number of hydrogen-bond acceptors (Lipinski definition) is 3. The average molecular weight is 245 g/mol. The maximum absolute atomic E-state index is 12.2. The summed E-state index contributed by atoms with van der Waals surface area (Å²) in [6.07, 6.45) is 0.252. The Balaban J connectivity index is 2.63. The van der Waals surface area contributed by atoms with E-state index in [1.54, 1.807) is 25.1 Å². The molecule has 0 aromatic heterocycles. The fraction of sp³-hybridized carbons (Fsp3) is 0.286. The molecule has 0 fully saturated rings. The maximum Gasteiger partial charge on any atom is 0.326 e. The Labute approximate surface area is 106 Å². The minimum Gasteiger partial charge on any atom is -0.468 e. The van der Waals surface area contributed by atoms with Crippen molar-refractivity contribution >= 4 is 17.6 Å². The Morgan fingerprint density at radius 1 is 1.44 bits per heavy atom. The van der Waals surface area contributed by atoms with Crippen molar-refractivity contribution in [1.29, 1.82) is 0 Å². The van der Waals surface area contributed by atoms with E-state index in [-0.39, 0.29) is 12.3 Å². The van der Waals surface area contributed by atoms with Crippen LogP contribution in [0.4, 0.5) is 5.69 Å². The largest absolute Gasteiger partial charge is 0.468 e. The fourth-order valence-electron chi connectivity index (χ4n) is 2.39. The molecule has 0 spiro atoms. The minimum atomic E-state index is -1.29. The number of amides is 1. The number of esters is 1. The van der Waals surface area contributed by atoms with Crippen molar-refractivity contribution in [3.8, 4) is 0 Å². The molecular formula is C14H15NO3. The average Bonchev–Trinajstić information content (AvgIpc) is 2.62. The van der Waals surface area contributed by atoms with Crippen LogP contribution in [0.1, 0.15) is 18.9 Å². The molecule has 0 unspecified atom stereocenters. The number of benzene rings is 1. The van der Waals surface area contributed by atoms with E-state index >= 15 is 0 Å². The highest BCUT2D eigenvalue weighted by Crippen LogP contribution is 2.42. The summed E-state index contributed by atoms with van der Waals surface area (Å²) in [7, 11) is 1.29. The number of ether oxygens (including phenoxy) is 1. The van der Waals surface area contributed by atoms with Crippen LogP contribution in [0, 0.1) is 0 Å². The van der Waals surface area contributed by atoms with Gasteiger partial charge >= 0.3 is 5.97 Å². The van der Waals surface area contributed by atoms with Crippen LogP contribution in [0.25, 0.3) is 0 Å². The number of carbonyl (C=O) groups is 2. The summed E-state index contributed by atoms with van der Waals surface area (Å²) in [6, 6.07) is 7.16. The molecule has 0 radical (unpaired) electrons. The minimum absolute atomic E-state index is 0.252.